The van der Waals surface area contributed by atoms with Crippen molar-refractivity contribution in [2.45, 2.75) is 12.8 Å². The van der Waals surface area contributed by atoms with Crippen molar-refractivity contribution in [3.8, 4) is 17.1 Å². The van der Waals surface area contributed by atoms with E-state index in [4.69, 9.17) is 20.8 Å². The molecule has 0 aliphatic carbocycles. The zero-order valence-electron chi connectivity index (χ0n) is 13.7. The quantitative estimate of drug-likeness (QED) is 0.702. The predicted octanol–water partition coefficient (Wildman–Crippen LogP) is 4.57. The van der Waals surface area contributed by atoms with Gasteiger partial charge in [0.05, 0.1) is 18.3 Å². The molecule has 0 atom stereocenters. The van der Waals surface area contributed by atoms with Gasteiger partial charge in [0.1, 0.15) is 5.75 Å². The van der Waals surface area contributed by atoms with E-state index in [0.29, 0.717) is 35.1 Å². The van der Waals surface area contributed by atoms with Gasteiger partial charge in [-0.05, 0) is 36.2 Å². The van der Waals surface area contributed by atoms with Crippen molar-refractivity contribution in [2.24, 2.45) is 0 Å². The minimum atomic E-state index is -0.0679. The van der Waals surface area contributed by atoms with Crippen LogP contribution in [-0.2, 0) is 11.2 Å². The number of amides is 1. The van der Waals surface area contributed by atoms with E-state index in [1.807, 2.05) is 36.4 Å². The van der Waals surface area contributed by atoms with Crippen LogP contribution < -0.4 is 10.1 Å². The van der Waals surface area contributed by atoms with Gasteiger partial charge in [0.15, 0.2) is 12.2 Å². The molecule has 0 saturated carbocycles. The highest BCUT2D eigenvalue weighted by molar-refractivity contribution is 6.32. The molecule has 0 radical (unpaired) electrons. The molecular formula is C19H17ClN2O3. The average Bonchev–Trinajstić information content (AvgIpc) is 3.15. The summed E-state index contributed by atoms with van der Waals surface area (Å²) in [6.45, 7) is 0. The van der Waals surface area contributed by atoms with E-state index in [9.17, 15) is 4.79 Å². The zero-order chi connectivity index (χ0) is 17.6. The molecule has 1 amide bonds. The highest BCUT2D eigenvalue weighted by atomic mass is 35.5. The Kier molecular flexibility index (Phi) is 5.36. The second-order valence-corrected chi connectivity index (χ2v) is 5.87. The molecule has 0 spiro atoms. The topological polar surface area (TPSA) is 64.4 Å². The summed E-state index contributed by atoms with van der Waals surface area (Å²) in [6, 6.07) is 13.0. The van der Waals surface area contributed by atoms with Crippen LogP contribution in [0.1, 0.15) is 12.0 Å². The summed E-state index contributed by atoms with van der Waals surface area (Å²) in [6.07, 6.45) is 3.96. The van der Waals surface area contributed by atoms with Gasteiger partial charge >= 0.3 is 0 Å². The molecule has 25 heavy (non-hydrogen) atoms. The Labute approximate surface area is 150 Å². The maximum atomic E-state index is 12.2. The summed E-state index contributed by atoms with van der Waals surface area (Å²) >= 11 is 6.10. The number of hydrogen-bond donors (Lipinski definition) is 1. The Hall–Kier alpha value is -2.79. The molecule has 0 bridgehead atoms. The van der Waals surface area contributed by atoms with E-state index in [1.54, 1.807) is 19.4 Å². The molecule has 0 unspecified atom stereocenters. The standard InChI is InChI=1S/C19H17ClN2O3/c1-24-17-7-5-13(9-16(17)20)6-8-19(23)22-15-4-2-3-14(10-15)18-11-21-12-25-18/h2-5,7,9-12H,6,8H2,1H3,(H,22,23). The lowest BCUT2D eigenvalue weighted by atomic mass is 10.1. The monoisotopic (exact) mass is 356 g/mol. The van der Waals surface area contributed by atoms with Crippen molar-refractivity contribution in [1.29, 1.82) is 0 Å². The van der Waals surface area contributed by atoms with Gasteiger partial charge in [-0.1, -0.05) is 29.8 Å². The Bertz CT molecular complexity index is 863. The molecule has 0 saturated heterocycles. The van der Waals surface area contributed by atoms with Gasteiger partial charge in [-0.2, -0.15) is 0 Å². The second-order valence-electron chi connectivity index (χ2n) is 5.46. The van der Waals surface area contributed by atoms with Crippen molar-refractivity contribution in [3.05, 3.63) is 65.6 Å². The van der Waals surface area contributed by atoms with E-state index in [-0.39, 0.29) is 5.91 Å². The normalized spacial score (nSPS) is 10.5. The molecule has 5 nitrogen and oxygen atoms in total. The number of anilines is 1. The number of benzene rings is 2. The highest BCUT2D eigenvalue weighted by Gasteiger charge is 2.07. The molecule has 0 aliphatic rings. The van der Waals surface area contributed by atoms with Crippen LogP contribution in [0.5, 0.6) is 5.75 Å². The summed E-state index contributed by atoms with van der Waals surface area (Å²) in [5.41, 5.74) is 2.56. The van der Waals surface area contributed by atoms with Crippen molar-refractivity contribution >= 4 is 23.2 Å². The number of aryl methyl sites for hydroxylation is 1. The number of halogens is 1. The Morgan fingerprint density at radius 1 is 1.28 bits per heavy atom. The lowest BCUT2D eigenvalue weighted by molar-refractivity contribution is -0.116. The van der Waals surface area contributed by atoms with E-state index < -0.39 is 0 Å². The number of aromatic nitrogens is 1. The average molecular weight is 357 g/mol. The minimum Gasteiger partial charge on any atom is -0.495 e. The van der Waals surface area contributed by atoms with Crippen LogP contribution in [0, 0.1) is 0 Å². The fraction of sp³-hybridized carbons (Fsp3) is 0.158. The van der Waals surface area contributed by atoms with Gasteiger partial charge in [0, 0.05) is 17.7 Å². The first-order chi connectivity index (χ1) is 12.2. The first-order valence-electron chi connectivity index (χ1n) is 7.77. The van der Waals surface area contributed by atoms with Crippen LogP contribution in [0.3, 0.4) is 0 Å². The third-order valence-corrected chi connectivity index (χ3v) is 4.02. The summed E-state index contributed by atoms with van der Waals surface area (Å²) in [4.78, 5) is 16.1. The third kappa shape index (κ3) is 4.39. The SMILES string of the molecule is COc1ccc(CCC(=O)Nc2cccc(-c3cnco3)c2)cc1Cl. The van der Waals surface area contributed by atoms with Crippen LogP contribution in [0.4, 0.5) is 5.69 Å². The molecule has 1 aromatic heterocycles. The molecule has 0 aliphatic heterocycles. The maximum absolute atomic E-state index is 12.2. The van der Waals surface area contributed by atoms with Crippen LogP contribution >= 0.6 is 11.6 Å². The summed E-state index contributed by atoms with van der Waals surface area (Å²) in [5, 5.41) is 3.43. The molecule has 128 valence electrons. The largest absolute Gasteiger partial charge is 0.495 e. The van der Waals surface area contributed by atoms with Gasteiger partial charge in [-0.3, -0.25) is 4.79 Å². The van der Waals surface area contributed by atoms with Crippen molar-refractivity contribution in [3.63, 3.8) is 0 Å². The Morgan fingerprint density at radius 3 is 2.88 bits per heavy atom. The van der Waals surface area contributed by atoms with E-state index in [2.05, 4.69) is 10.3 Å². The number of methoxy groups -OCH3 is 1. The van der Waals surface area contributed by atoms with Gasteiger partial charge in [-0.15, -0.1) is 0 Å². The van der Waals surface area contributed by atoms with Gasteiger partial charge in [0.25, 0.3) is 0 Å². The lowest BCUT2D eigenvalue weighted by Gasteiger charge is -2.08. The van der Waals surface area contributed by atoms with Crippen LogP contribution in [0.2, 0.25) is 5.02 Å². The lowest BCUT2D eigenvalue weighted by Crippen LogP contribution is -2.12. The van der Waals surface area contributed by atoms with E-state index in [1.165, 1.54) is 6.39 Å². The van der Waals surface area contributed by atoms with Crippen LogP contribution in [-0.4, -0.2) is 18.0 Å². The molecule has 1 N–H and O–H groups in total. The molecule has 2 aromatic carbocycles. The number of hydrogen-bond acceptors (Lipinski definition) is 4. The molecule has 1 heterocycles. The molecule has 0 fully saturated rings. The number of oxazole rings is 1. The first-order valence-corrected chi connectivity index (χ1v) is 8.14. The summed E-state index contributed by atoms with van der Waals surface area (Å²) in [5.74, 6) is 1.21. The summed E-state index contributed by atoms with van der Waals surface area (Å²) < 4.78 is 10.4. The minimum absolute atomic E-state index is 0.0679. The molecule has 6 heteroatoms. The number of nitrogens with one attached hydrogen (secondary N) is 1. The number of carbonyl (C=O) groups excluding carboxylic acids is 1. The Balaban J connectivity index is 1.59. The molecule has 3 rings (SSSR count). The Morgan fingerprint density at radius 2 is 2.16 bits per heavy atom. The van der Waals surface area contributed by atoms with Crippen molar-refractivity contribution in [2.75, 3.05) is 12.4 Å². The third-order valence-electron chi connectivity index (χ3n) is 3.72. The zero-order valence-corrected chi connectivity index (χ0v) is 14.4. The van der Waals surface area contributed by atoms with Gasteiger partial charge in [0.2, 0.25) is 5.91 Å². The predicted molar refractivity (Wildman–Crippen MR) is 96.9 cm³/mol. The number of ether oxygens (including phenoxy) is 1. The van der Waals surface area contributed by atoms with Crippen molar-refractivity contribution in [1.82, 2.24) is 4.98 Å². The van der Waals surface area contributed by atoms with Crippen molar-refractivity contribution < 1.29 is 13.9 Å². The number of rotatable bonds is 6. The first kappa shape index (κ1) is 17.0. The smallest absolute Gasteiger partial charge is 0.224 e. The summed E-state index contributed by atoms with van der Waals surface area (Å²) in [7, 11) is 1.57. The maximum Gasteiger partial charge on any atom is 0.224 e. The molecular weight excluding hydrogens is 340 g/mol. The number of nitrogens with zero attached hydrogens (tertiary/aromatic N) is 1. The fourth-order valence-electron chi connectivity index (χ4n) is 2.46. The van der Waals surface area contributed by atoms with Gasteiger partial charge in [-0.25, -0.2) is 4.98 Å². The highest BCUT2D eigenvalue weighted by Crippen LogP contribution is 2.26. The second kappa shape index (κ2) is 7.85. The van der Waals surface area contributed by atoms with Crippen LogP contribution in [0.15, 0.2) is 59.5 Å². The van der Waals surface area contributed by atoms with Crippen LogP contribution in [0.25, 0.3) is 11.3 Å². The van der Waals surface area contributed by atoms with Gasteiger partial charge < -0.3 is 14.5 Å². The fourth-order valence-corrected chi connectivity index (χ4v) is 2.74. The number of carbonyl (C=O) groups is 1. The van der Waals surface area contributed by atoms with E-state index in [0.717, 1.165) is 11.1 Å². The van der Waals surface area contributed by atoms with E-state index >= 15 is 0 Å². The molecule has 3 aromatic rings.